The molecule has 0 spiro atoms. The van der Waals surface area contributed by atoms with Crippen molar-refractivity contribution >= 4 is 11.6 Å². The minimum atomic E-state index is 0.868. The van der Waals surface area contributed by atoms with Gasteiger partial charge in [0.1, 0.15) is 0 Å². The van der Waals surface area contributed by atoms with E-state index in [0.717, 1.165) is 31.2 Å². The molecule has 17 heavy (non-hydrogen) atoms. The van der Waals surface area contributed by atoms with Crippen molar-refractivity contribution in [1.29, 1.82) is 0 Å². The molecule has 0 aromatic heterocycles. The van der Waals surface area contributed by atoms with Crippen molar-refractivity contribution in [3.63, 3.8) is 0 Å². The standard InChI is InChI=1S/C14H23ClN2/c1-3-16-10-6-7-11-17(2)12-13-8-4-5-9-14(13)15/h4-5,8-9,16H,3,6-7,10-12H2,1-2H3. The summed E-state index contributed by atoms with van der Waals surface area (Å²) in [6, 6.07) is 8.07. The molecule has 0 saturated heterocycles. The maximum absolute atomic E-state index is 6.13. The summed E-state index contributed by atoms with van der Waals surface area (Å²) < 4.78 is 0. The number of rotatable bonds is 8. The van der Waals surface area contributed by atoms with Gasteiger partial charge < -0.3 is 10.2 Å². The lowest BCUT2D eigenvalue weighted by Gasteiger charge is -2.17. The minimum absolute atomic E-state index is 0.868. The molecule has 1 rings (SSSR count). The summed E-state index contributed by atoms with van der Waals surface area (Å²) in [5.74, 6) is 0. The maximum Gasteiger partial charge on any atom is 0.0451 e. The highest BCUT2D eigenvalue weighted by atomic mass is 35.5. The Morgan fingerprint density at radius 3 is 2.71 bits per heavy atom. The Labute approximate surface area is 110 Å². The summed E-state index contributed by atoms with van der Waals surface area (Å²) in [6.07, 6.45) is 2.47. The van der Waals surface area contributed by atoms with Gasteiger partial charge in [-0.05, 0) is 51.2 Å². The van der Waals surface area contributed by atoms with Crippen molar-refractivity contribution < 1.29 is 0 Å². The molecular formula is C14H23ClN2. The third-order valence-electron chi connectivity index (χ3n) is 2.79. The van der Waals surface area contributed by atoms with Crippen LogP contribution in [0.15, 0.2) is 24.3 Å². The molecule has 96 valence electrons. The zero-order chi connectivity index (χ0) is 12.5. The molecule has 0 atom stereocenters. The molecule has 1 aromatic carbocycles. The van der Waals surface area contributed by atoms with Crippen molar-refractivity contribution in [2.45, 2.75) is 26.3 Å². The normalized spacial score (nSPS) is 11.1. The van der Waals surface area contributed by atoms with Crippen LogP contribution in [-0.2, 0) is 6.54 Å². The van der Waals surface area contributed by atoms with Crippen LogP contribution in [0.25, 0.3) is 0 Å². The van der Waals surface area contributed by atoms with Crippen molar-refractivity contribution in [2.24, 2.45) is 0 Å². The average Bonchev–Trinajstić information content (AvgIpc) is 2.32. The molecule has 1 N–H and O–H groups in total. The summed E-state index contributed by atoms with van der Waals surface area (Å²) in [5.41, 5.74) is 1.21. The summed E-state index contributed by atoms with van der Waals surface area (Å²) in [4.78, 5) is 2.33. The quantitative estimate of drug-likeness (QED) is 0.717. The van der Waals surface area contributed by atoms with Gasteiger partial charge >= 0.3 is 0 Å². The lowest BCUT2D eigenvalue weighted by atomic mass is 10.2. The van der Waals surface area contributed by atoms with Crippen molar-refractivity contribution in [3.05, 3.63) is 34.9 Å². The minimum Gasteiger partial charge on any atom is -0.317 e. The van der Waals surface area contributed by atoms with E-state index in [1.54, 1.807) is 0 Å². The van der Waals surface area contributed by atoms with Gasteiger partial charge in [-0.15, -0.1) is 0 Å². The van der Waals surface area contributed by atoms with Crippen molar-refractivity contribution in [2.75, 3.05) is 26.7 Å². The highest BCUT2D eigenvalue weighted by Crippen LogP contribution is 2.16. The van der Waals surface area contributed by atoms with Crippen LogP contribution in [0.1, 0.15) is 25.3 Å². The SMILES string of the molecule is CCNCCCCN(C)Cc1ccccc1Cl. The van der Waals surface area contributed by atoms with Crippen LogP contribution in [0.5, 0.6) is 0 Å². The van der Waals surface area contributed by atoms with Gasteiger partial charge in [0.2, 0.25) is 0 Å². The first-order valence-corrected chi connectivity index (χ1v) is 6.74. The summed E-state index contributed by atoms with van der Waals surface area (Å²) in [7, 11) is 2.15. The monoisotopic (exact) mass is 254 g/mol. The van der Waals surface area contributed by atoms with Crippen molar-refractivity contribution in [3.8, 4) is 0 Å². The average molecular weight is 255 g/mol. The van der Waals surface area contributed by atoms with E-state index >= 15 is 0 Å². The molecule has 3 heteroatoms. The Bertz CT molecular complexity index is 315. The molecule has 0 aliphatic heterocycles. The number of halogens is 1. The van der Waals surface area contributed by atoms with E-state index < -0.39 is 0 Å². The second-order valence-electron chi connectivity index (χ2n) is 4.39. The Morgan fingerprint density at radius 1 is 1.24 bits per heavy atom. The van der Waals surface area contributed by atoms with Crippen LogP contribution in [0, 0.1) is 0 Å². The number of benzene rings is 1. The van der Waals surface area contributed by atoms with Gasteiger partial charge in [0.05, 0.1) is 0 Å². The van der Waals surface area contributed by atoms with Gasteiger partial charge in [0.15, 0.2) is 0 Å². The van der Waals surface area contributed by atoms with Crippen LogP contribution >= 0.6 is 11.6 Å². The Balaban J connectivity index is 2.21. The number of hydrogen-bond donors (Lipinski definition) is 1. The zero-order valence-corrected chi connectivity index (χ0v) is 11.6. The number of unbranched alkanes of at least 4 members (excludes halogenated alkanes) is 1. The summed E-state index contributed by atoms with van der Waals surface area (Å²) in [6.45, 7) is 6.38. The molecule has 0 bridgehead atoms. The van der Waals surface area contributed by atoms with Gasteiger partial charge in [-0.3, -0.25) is 0 Å². The van der Waals surface area contributed by atoms with Gasteiger partial charge in [0, 0.05) is 11.6 Å². The Morgan fingerprint density at radius 2 is 2.00 bits per heavy atom. The molecule has 0 heterocycles. The van der Waals surface area contributed by atoms with Gasteiger partial charge in [-0.25, -0.2) is 0 Å². The molecule has 0 saturated carbocycles. The number of nitrogens with one attached hydrogen (secondary N) is 1. The van der Waals surface area contributed by atoms with E-state index in [1.807, 2.05) is 18.2 Å². The third-order valence-corrected chi connectivity index (χ3v) is 3.16. The Hall–Kier alpha value is -0.570. The molecule has 0 aliphatic rings. The van der Waals surface area contributed by atoms with Crippen LogP contribution in [0.3, 0.4) is 0 Å². The van der Waals surface area contributed by atoms with Gasteiger partial charge in [-0.1, -0.05) is 36.7 Å². The summed E-state index contributed by atoms with van der Waals surface area (Å²) in [5, 5.41) is 4.21. The number of hydrogen-bond acceptors (Lipinski definition) is 2. The molecule has 0 amide bonds. The smallest absolute Gasteiger partial charge is 0.0451 e. The highest BCUT2D eigenvalue weighted by Gasteiger charge is 2.03. The zero-order valence-electron chi connectivity index (χ0n) is 10.9. The van der Waals surface area contributed by atoms with Crippen LogP contribution in [0.4, 0.5) is 0 Å². The van der Waals surface area contributed by atoms with Gasteiger partial charge in [0.25, 0.3) is 0 Å². The third kappa shape index (κ3) is 6.06. The van der Waals surface area contributed by atoms with Crippen LogP contribution < -0.4 is 5.32 Å². The van der Waals surface area contributed by atoms with E-state index in [1.165, 1.54) is 18.4 Å². The first kappa shape index (κ1) is 14.5. The fourth-order valence-electron chi connectivity index (χ4n) is 1.80. The highest BCUT2D eigenvalue weighted by molar-refractivity contribution is 6.31. The lowest BCUT2D eigenvalue weighted by molar-refractivity contribution is 0.318. The second kappa shape index (κ2) is 8.51. The predicted octanol–water partition coefficient (Wildman–Crippen LogP) is 3.16. The van der Waals surface area contributed by atoms with Crippen molar-refractivity contribution in [1.82, 2.24) is 10.2 Å². The predicted molar refractivity (Wildman–Crippen MR) is 75.6 cm³/mol. The van der Waals surface area contributed by atoms with Crippen LogP contribution in [-0.4, -0.2) is 31.6 Å². The topological polar surface area (TPSA) is 15.3 Å². The van der Waals surface area contributed by atoms with E-state index in [2.05, 4.69) is 30.3 Å². The molecule has 0 aliphatic carbocycles. The Kier molecular flexibility index (Phi) is 7.25. The molecule has 0 radical (unpaired) electrons. The molecular weight excluding hydrogens is 232 g/mol. The van der Waals surface area contributed by atoms with E-state index in [9.17, 15) is 0 Å². The van der Waals surface area contributed by atoms with E-state index in [4.69, 9.17) is 11.6 Å². The fraction of sp³-hybridized carbons (Fsp3) is 0.571. The summed E-state index contributed by atoms with van der Waals surface area (Å²) >= 11 is 6.13. The van der Waals surface area contributed by atoms with E-state index in [-0.39, 0.29) is 0 Å². The first-order chi connectivity index (χ1) is 8.24. The maximum atomic E-state index is 6.13. The van der Waals surface area contributed by atoms with Gasteiger partial charge in [-0.2, -0.15) is 0 Å². The largest absolute Gasteiger partial charge is 0.317 e. The molecule has 0 fully saturated rings. The fourth-order valence-corrected chi connectivity index (χ4v) is 2.00. The second-order valence-corrected chi connectivity index (χ2v) is 4.80. The van der Waals surface area contributed by atoms with E-state index in [0.29, 0.717) is 0 Å². The lowest BCUT2D eigenvalue weighted by Crippen LogP contribution is -2.21. The molecule has 0 unspecified atom stereocenters. The molecule has 1 aromatic rings. The van der Waals surface area contributed by atoms with Crippen LogP contribution in [0.2, 0.25) is 5.02 Å². The number of nitrogens with zero attached hydrogens (tertiary/aromatic N) is 1. The first-order valence-electron chi connectivity index (χ1n) is 6.36. The molecule has 2 nitrogen and oxygen atoms in total.